The lowest BCUT2D eigenvalue weighted by Crippen LogP contribution is -2.35. The molecule has 0 aliphatic rings. The van der Waals surface area contributed by atoms with Gasteiger partial charge < -0.3 is 30.2 Å². The average molecular weight is 879 g/mol. The number of hydrogen-bond acceptors (Lipinski definition) is 15. The van der Waals surface area contributed by atoms with Crippen LogP contribution >= 0.6 is 69.6 Å². The molecular formula is C27H22Cl6N8O11S. The van der Waals surface area contributed by atoms with E-state index in [4.69, 9.17) is 95.0 Å². The molecule has 284 valence electrons. The average Bonchev–Trinajstić information content (AvgIpc) is 3.09. The van der Waals surface area contributed by atoms with Crippen LogP contribution in [-0.4, -0.2) is 88.3 Å². The fourth-order valence-corrected chi connectivity index (χ4v) is 5.46. The topological polar surface area (TPSA) is 285 Å². The SMILES string of the molecule is COC(=O)c1ccccc1S(=O)(=O)NC(=O)Nc1nc(C)nc(OC)n1.Nc1c(Cl)c(Cl)nc(C(=O)O)c1Cl.O=C(O)COc1nc(Cl)c(Cl)cc1Cl. The van der Waals surface area contributed by atoms with Crippen molar-refractivity contribution >= 4 is 115 Å². The highest BCUT2D eigenvalue weighted by Gasteiger charge is 2.25. The second-order valence-electron chi connectivity index (χ2n) is 9.07. The number of methoxy groups -OCH3 is 2. The van der Waals surface area contributed by atoms with Gasteiger partial charge in [0.1, 0.15) is 20.8 Å². The molecule has 0 fully saturated rings. The number of pyridine rings is 2. The Morgan fingerprint density at radius 1 is 0.868 bits per heavy atom. The number of aromatic nitrogens is 5. The van der Waals surface area contributed by atoms with Crippen LogP contribution in [0.5, 0.6) is 11.9 Å². The number of nitrogens with two attached hydrogens (primary N) is 1. The number of sulfonamides is 1. The quantitative estimate of drug-likeness (QED) is 0.105. The number of aryl methyl sites for hydroxylation is 1. The standard InChI is InChI=1S/C14H15N5O6S.C7H4Cl3NO3.C6H3Cl3N2O2/c1-8-15-12(18-14(16-8)25-3)17-13(21)19-26(22,23)10-7-5-4-6-9(10)11(20)24-2;8-3-1-4(9)7(11-6(3)10)14-2-5(12)13;7-1-3(10)2(8)5(9)11-4(1)6(12)13/h4-7H,1-3H3,(H2,15,16,17,18,19,21);1H,2H2,(H,12,13);(H2,10,11)(H,12,13). The van der Waals surface area contributed by atoms with Gasteiger partial charge in [-0.15, -0.1) is 0 Å². The van der Waals surface area contributed by atoms with Gasteiger partial charge in [-0.05, 0) is 25.1 Å². The number of amides is 2. The second-order valence-corrected chi connectivity index (χ2v) is 13.0. The first-order valence-electron chi connectivity index (χ1n) is 13.4. The number of esters is 1. The maximum absolute atomic E-state index is 12.4. The molecule has 1 aromatic carbocycles. The van der Waals surface area contributed by atoms with Crippen LogP contribution in [0.15, 0.2) is 35.2 Å². The Labute approximate surface area is 328 Å². The summed E-state index contributed by atoms with van der Waals surface area (Å²) in [5.41, 5.74) is 4.66. The monoisotopic (exact) mass is 876 g/mol. The molecule has 2 amide bonds. The molecule has 4 aromatic rings. The van der Waals surface area contributed by atoms with E-state index in [1.165, 1.54) is 38.3 Å². The van der Waals surface area contributed by atoms with Crippen LogP contribution < -0.4 is 25.2 Å². The van der Waals surface area contributed by atoms with Crippen LogP contribution in [0.25, 0.3) is 0 Å². The van der Waals surface area contributed by atoms with E-state index in [-0.39, 0.29) is 65.3 Å². The molecular weight excluding hydrogens is 857 g/mol. The van der Waals surface area contributed by atoms with E-state index < -0.39 is 51.2 Å². The van der Waals surface area contributed by atoms with E-state index in [1.54, 1.807) is 4.72 Å². The molecule has 0 bridgehead atoms. The van der Waals surface area contributed by atoms with Gasteiger partial charge in [-0.2, -0.15) is 19.9 Å². The van der Waals surface area contributed by atoms with Crippen LogP contribution in [0.1, 0.15) is 26.7 Å². The minimum atomic E-state index is -4.36. The summed E-state index contributed by atoms with van der Waals surface area (Å²) in [4.78, 5) is 62.6. The van der Waals surface area contributed by atoms with E-state index >= 15 is 0 Å². The van der Waals surface area contributed by atoms with Crippen molar-refractivity contribution in [1.29, 1.82) is 0 Å². The zero-order chi connectivity index (χ0) is 40.2. The van der Waals surface area contributed by atoms with Crippen LogP contribution in [0.2, 0.25) is 30.4 Å². The van der Waals surface area contributed by atoms with Crippen LogP contribution in [0.3, 0.4) is 0 Å². The van der Waals surface area contributed by atoms with Gasteiger partial charge in [0.2, 0.25) is 11.8 Å². The number of nitrogen functional groups attached to an aromatic ring is 1. The molecule has 0 aliphatic heterocycles. The lowest BCUT2D eigenvalue weighted by atomic mass is 10.2. The van der Waals surface area contributed by atoms with Crippen molar-refractivity contribution < 1.29 is 52.0 Å². The highest BCUT2D eigenvalue weighted by atomic mass is 35.5. The first-order chi connectivity index (χ1) is 24.7. The van der Waals surface area contributed by atoms with Gasteiger partial charge in [0.15, 0.2) is 22.6 Å². The van der Waals surface area contributed by atoms with Crippen molar-refractivity contribution in [2.75, 3.05) is 31.9 Å². The molecule has 53 heavy (non-hydrogen) atoms. The summed E-state index contributed by atoms with van der Waals surface area (Å²) in [6, 6.07) is 5.44. The van der Waals surface area contributed by atoms with E-state index in [0.717, 1.165) is 13.2 Å². The third kappa shape index (κ3) is 13.0. The number of carbonyl (C=O) groups is 4. The number of rotatable bonds is 9. The zero-order valence-electron chi connectivity index (χ0n) is 26.7. The number of aromatic carboxylic acids is 1. The highest BCUT2D eigenvalue weighted by molar-refractivity contribution is 7.90. The molecule has 3 aromatic heterocycles. The minimum Gasteiger partial charge on any atom is -0.479 e. The number of carboxylic acids is 2. The van der Waals surface area contributed by atoms with Crippen LogP contribution in [-0.2, 0) is 19.6 Å². The van der Waals surface area contributed by atoms with Crippen LogP contribution in [0, 0.1) is 6.92 Å². The predicted octanol–water partition coefficient (Wildman–Crippen LogP) is 5.31. The van der Waals surface area contributed by atoms with Gasteiger partial charge in [-0.25, -0.2) is 37.3 Å². The summed E-state index contributed by atoms with van der Waals surface area (Å²) in [6.45, 7) is 1.00. The Balaban J connectivity index is 0.000000303. The molecule has 0 saturated carbocycles. The van der Waals surface area contributed by atoms with E-state index in [1.807, 2.05) is 0 Å². The van der Waals surface area contributed by atoms with Gasteiger partial charge >= 0.3 is 29.9 Å². The molecule has 6 N–H and O–H groups in total. The number of nitrogens with zero attached hydrogens (tertiary/aromatic N) is 5. The van der Waals surface area contributed by atoms with Crippen molar-refractivity contribution in [2.24, 2.45) is 0 Å². The number of anilines is 2. The van der Waals surface area contributed by atoms with E-state index in [0.29, 0.717) is 0 Å². The number of urea groups is 1. The summed E-state index contributed by atoms with van der Waals surface area (Å²) >= 11 is 33.4. The predicted molar refractivity (Wildman–Crippen MR) is 191 cm³/mol. The fraction of sp³-hybridized carbons (Fsp3) is 0.148. The second kappa shape index (κ2) is 19.9. The largest absolute Gasteiger partial charge is 0.479 e. The normalized spacial score (nSPS) is 10.4. The number of halogens is 6. The number of nitrogens with one attached hydrogen (secondary N) is 2. The first-order valence-corrected chi connectivity index (χ1v) is 17.1. The Morgan fingerprint density at radius 3 is 2.09 bits per heavy atom. The van der Waals surface area contributed by atoms with Crippen LogP contribution in [0.4, 0.5) is 16.4 Å². The summed E-state index contributed by atoms with van der Waals surface area (Å²) in [7, 11) is -1.92. The molecule has 26 heteroatoms. The molecule has 0 saturated heterocycles. The number of carboxylic acid groups (broad SMARTS) is 2. The molecule has 0 aliphatic carbocycles. The maximum Gasteiger partial charge on any atom is 0.356 e. The molecule has 3 heterocycles. The number of carbonyl (C=O) groups excluding carboxylic acids is 2. The first kappa shape index (κ1) is 44.5. The number of hydrogen-bond donors (Lipinski definition) is 5. The van der Waals surface area contributed by atoms with Gasteiger partial charge in [0, 0.05) is 0 Å². The summed E-state index contributed by atoms with van der Waals surface area (Å²) < 4.78 is 40.7. The van der Waals surface area contributed by atoms with Crippen molar-refractivity contribution in [3.63, 3.8) is 0 Å². The molecule has 0 atom stereocenters. The molecule has 4 rings (SSSR count). The number of benzene rings is 1. The molecule has 0 radical (unpaired) electrons. The lowest BCUT2D eigenvalue weighted by Gasteiger charge is -2.11. The Hall–Kier alpha value is -4.70. The third-order valence-electron chi connectivity index (χ3n) is 5.40. The minimum absolute atomic E-state index is 0.0106. The Kier molecular flexibility index (Phi) is 16.7. The fourth-order valence-electron chi connectivity index (χ4n) is 3.22. The molecule has 19 nitrogen and oxygen atoms in total. The zero-order valence-corrected chi connectivity index (χ0v) is 32.0. The third-order valence-corrected chi connectivity index (χ3v) is 8.87. The van der Waals surface area contributed by atoms with Crippen molar-refractivity contribution in [1.82, 2.24) is 29.6 Å². The summed E-state index contributed by atoms with van der Waals surface area (Å²) in [6.07, 6.45) is 0. The van der Waals surface area contributed by atoms with Gasteiger partial charge in [-0.3, -0.25) is 5.32 Å². The maximum atomic E-state index is 12.4. The number of aliphatic carboxylic acids is 1. The highest BCUT2D eigenvalue weighted by Crippen LogP contribution is 2.34. The van der Waals surface area contributed by atoms with Crippen molar-refractivity contribution in [3.8, 4) is 11.9 Å². The lowest BCUT2D eigenvalue weighted by molar-refractivity contribution is -0.139. The Morgan fingerprint density at radius 2 is 1.51 bits per heavy atom. The molecule has 0 unspecified atom stereocenters. The van der Waals surface area contributed by atoms with Crippen molar-refractivity contribution in [2.45, 2.75) is 11.8 Å². The van der Waals surface area contributed by atoms with Gasteiger partial charge in [0.25, 0.3) is 10.0 Å². The smallest absolute Gasteiger partial charge is 0.356 e. The molecule has 0 spiro atoms. The summed E-state index contributed by atoms with van der Waals surface area (Å²) in [5.74, 6) is -3.30. The van der Waals surface area contributed by atoms with E-state index in [2.05, 4.69) is 35.0 Å². The van der Waals surface area contributed by atoms with E-state index in [9.17, 15) is 27.6 Å². The summed E-state index contributed by atoms with van der Waals surface area (Å²) in [5, 5.41) is 19.0. The van der Waals surface area contributed by atoms with Gasteiger partial charge in [-0.1, -0.05) is 81.7 Å². The van der Waals surface area contributed by atoms with Crippen molar-refractivity contribution in [3.05, 3.63) is 77.8 Å². The number of ether oxygens (including phenoxy) is 3. The van der Waals surface area contributed by atoms with Gasteiger partial charge in [0.05, 0.1) is 35.5 Å². The Bertz CT molecular complexity index is 2150.